The van der Waals surface area contributed by atoms with Crippen LogP contribution in [-0.4, -0.2) is 6.35 Å². The molecule has 0 unspecified atom stereocenters. The van der Waals surface area contributed by atoms with Crippen molar-refractivity contribution in [3.63, 3.8) is 0 Å². The highest BCUT2D eigenvalue weighted by Crippen LogP contribution is 2.60. The Kier molecular flexibility index (Phi) is 3.02. The van der Waals surface area contributed by atoms with Crippen molar-refractivity contribution in [1.29, 1.82) is 0 Å². The molecule has 3 aromatic carbocycles. The summed E-state index contributed by atoms with van der Waals surface area (Å²) in [6.45, 7) is 0. The molecule has 0 atom stereocenters. The van der Waals surface area contributed by atoms with E-state index in [0.717, 1.165) is 12.1 Å². The van der Waals surface area contributed by atoms with Crippen LogP contribution in [0.15, 0.2) is 84.9 Å². The summed E-state index contributed by atoms with van der Waals surface area (Å²) < 4.78 is 6.07. The first-order valence-corrected chi connectivity index (χ1v) is 9.10. The van der Waals surface area contributed by atoms with E-state index in [9.17, 15) is 0 Å². The van der Waals surface area contributed by atoms with Gasteiger partial charge in [-0.15, -0.1) is 0 Å². The van der Waals surface area contributed by atoms with Crippen LogP contribution in [0.5, 0.6) is 5.75 Å². The van der Waals surface area contributed by atoms with E-state index < -0.39 is 7.26 Å². The van der Waals surface area contributed by atoms with Gasteiger partial charge in [-0.1, -0.05) is 48.5 Å². The fraction of sp³-hybridized carbons (Fsp3) is 0.0526. The zero-order valence-corrected chi connectivity index (χ0v) is 12.5. The average molecular weight is 291 g/mol. The Morgan fingerprint density at radius 2 is 1.14 bits per heavy atom. The van der Waals surface area contributed by atoms with Gasteiger partial charge in [0, 0.05) is 0 Å². The minimum Gasteiger partial charge on any atom is -0.454 e. The maximum atomic E-state index is 6.07. The molecule has 0 bridgehead atoms. The molecule has 0 N–H and O–H groups in total. The van der Waals surface area contributed by atoms with Crippen LogP contribution in [0, 0.1) is 0 Å². The third-order valence-electron chi connectivity index (χ3n) is 4.08. The highest BCUT2D eigenvalue weighted by molar-refractivity contribution is 7.96. The van der Waals surface area contributed by atoms with Crippen LogP contribution in [0.4, 0.5) is 0 Å². The summed E-state index contributed by atoms with van der Waals surface area (Å²) in [5.41, 5.74) is 0. The monoisotopic (exact) mass is 291 g/mol. The van der Waals surface area contributed by atoms with Crippen LogP contribution in [0.25, 0.3) is 0 Å². The molecule has 1 aliphatic heterocycles. The molecule has 0 amide bonds. The molecular weight excluding hydrogens is 275 g/mol. The maximum absolute atomic E-state index is 6.07. The molecule has 0 saturated carbocycles. The number of rotatable bonds is 2. The van der Waals surface area contributed by atoms with Crippen LogP contribution < -0.4 is 20.7 Å². The van der Waals surface area contributed by atoms with E-state index in [1.54, 1.807) is 0 Å². The predicted octanol–water partition coefficient (Wildman–Crippen LogP) is 3.33. The number of para-hydroxylation sites is 1. The van der Waals surface area contributed by atoms with Gasteiger partial charge in [-0.3, -0.25) is 0 Å². The molecule has 0 radical (unpaired) electrons. The Balaban J connectivity index is 2.02. The molecule has 1 aliphatic rings. The molecule has 2 heteroatoms. The van der Waals surface area contributed by atoms with Gasteiger partial charge in [-0.05, 0) is 36.4 Å². The second kappa shape index (κ2) is 5.02. The highest BCUT2D eigenvalue weighted by Gasteiger charge is 2.52. The first-order valence-electron chi connectivity index (χ1n) is 7.13. The van der Waals surface area contributed by atoms with E-state index >= 15 is 0 Å². The zero-order valence-electron chi connectivity index (χ0n) is 11.6. The van der Waals surface area contributed by atoms with Crippen molar-refractivity contribution in [2.24, 2.45) is 0 Å². The van der Waals surface area contributed by atoms with Gasteiger partial charge in [0.25, 0.3) is 0 Å². The largest absolute Gasteiger partial charge is 0.454 e. The summed E-state index contributed by atoms with van der Waals surface area (Å²) in [6.07, 6.45) is 0.764. The van der Waals surface area contributed by atoms with Crippen molar-refractivity contribution in [3.8, 4) is 5.75 Å². The number of fused-ring (bicyclic) bond motifs is 1. The van der Waals surface area contributed by atoms with Crippen LogP contribution in [0.3, 0.4) is 0 Å². The molecule has 0 saturated heterocycles. The molecule has 0 spiro atoms. The zero-order chi connectivity index (χ0) is 14.1. The lowest BCUT2D eigenvalue weighted by molar-refractivity contribution is 0.401. The maximum Gasteiger partial charge on any atom is 0.210 e. The summed E-state index contributed by atoms with van der Waals surface area (Å²) in [7, 11) is -1.66. The third-order valence-corrected chi connectivity index (χ3v) is 8.15. The predicted molar refractivity (Wildman–Crippen MR) is 90.6 cm³/mol. The molecule has 21 heavy (non-hydrogen) atoms. The molecule has 1 heterocycles. The van der Waals surface area contributed by atoms with Gasteiger partial charge in [0.2, 0.25) is 6.35 Å². The van der Waals surface area contributed by atoms with Crippen LogP contribution in [-0.2, 0) is 0 Å². The number of hydrogen-bond acceptors (Lipinski definition) is 1. The molecule has 102 valence electrons. The van der Waals surface area contributed by atoms with E-state index in [1.165, 1.54) is 15.9 Å². The summed E-state index contributed by atoms with van der Waals surface area (Å²) in [5, 5.41) is 4.14. The number of ether oxygens (including phenoxy) is 1. The van der Waals surface area contributed by atoms with Gasteiger partial charge < -0.3 is 4.74 Å². The molecule has 3 aromatic rings. The lowest BCUT2D eigenvalue weighted by Crippen LogP contribution is -2.30. The van der Waals surface area contributed by atoms with E-state index in [0.29, 0.717) is 0 Å². The van der Waals surface area contributed by atoms with Crippen molar-refractivity contribution in [1.82, 2.24) is 0 Å². The van der Waals surface area contributed by atoms with Crippen molar-refractivity contribution in [2.75, 3.05) is 6.35 Å². The van der Waals surface area contributed by atoms with Gasteiger partial charge in [-0.2, -0.15) is 0 Å². The van der Waals surface area contributed by atoms with E-state index in [1.807, 2.05) is 0 Å². The minimum atomic E-state index is -1.66. The average Bonchev–Trinajstić information content (AvgIpc) is 2.97. The molecule has 0 aliphatic carbocycles. The van der Waals surface area contributed by atoms with E-state index in [-0.39, 0.29) is 0 Å². The fourth-order valence-corrected chi connectivity index (χ4v) is 6.91. The van der Waals surface area contributed by atoms with Crippen LogP contribution in [0.2, 0.25) is 0 Å². The topological polar surface area (TPSA) is 9.23 Å². The fourth-order valence-electron chi connectivity index (χ4n) is 3.07. The SMILES string of the molecule is c1ccc([P+]2(c3ccccc3)COc3ccccc32)cc1. The van der Waals surface area contributed by atoms with Crippen LogP contribution in [0.1, 0.15) is 0 Å². The van der Waals surface area contributed by atoms with E-state index in [2.05, 4.69) is 84.9 Å². The van der Waals surface area contributed by atoms with Gasteiger partial charge in [0.15, 0.2) is 13.0 Å². The Labute approximate surface area is 125 Å². The Morgan fingerprint density at radius 3 is 1.76 bits per heavy atom. The van der Waals surface area contributed by atoms with Gasteiger partial charge in [-0.25, -0.2) is 0 Å². The van der Waals surface area contributed by atoms with Crippen LogP contribution >= 0.6 is 7.26 Å². The summed E-state index contributed by atoms with van der Waals surface area (Å²) in [6, 6.07) is 30.1. The quantitative estimate of drug-likeness (QED) is 0.658. The molecule has 4 rings (SSSR count). The summed E-state index contributed by atoms with van der Waals surface area (Å²) >= 11 is 0. The van der Waals surface area contributed by atoms with Crippen molar-refractivity contribution in [2.45, 2.75) is 0 Å². The van der Waals surface area contributed by atoms with Gasteiger partial charge in [0.05, 0.1) is 0 Å². The normalized spacial score (nSPS) is 15.2. The van der Waals surface area contributed by atoms with Crippen molar-refractivity contribution < 1.29 is 4.74 Å². The van der Waals surface area contributed by atoms with E-state index in [4.69, 9.17) is 4.74 Å². The number of hydrogen-bond donors (Lipinski definition) is 0. The summed E-state index contributed by atoms with van der Waals surface area (Å²) in [5.74, 6) is 1.04. The first-order chi connectivity index (χ1) is 10.4. The Bertz CT molecular complexity index is 713. The van der Waals surface area contributed by atoms with Gasteiger partial charge in [0.1, 0.15) is 15.9 Å². The highest BCUT2D eigenvalue weighted by atomic mass is 31.2. The smallest absolute Gasteiger partial charge is 0.210 e. The molecule has 1 nitrogen and oxygen atoms in total. The number of benzene rings is 3. The third kappa shape index (κ3) is 1.89. The Morgan fingerprint density at radius 1 is 0.619 bits per heavy atom. The second-order valence-electron chi connectivity index (χ2n) is 5.22. The van der Waals surface area contributed by atoms with Crippen molar-refractivity contribution >= 4 is 23.2 Å². The lowest BCUT2D eigenvalue weighted by Gasteiger charge is -2.20. The lowest BCUT2D eigenvalue weighted by atomic mass is 10.3. The minimum absolute atomic E-state index is 0.764. The second-order valence-corrected chi connectivity index (χ2v) is 8.61. The first kappa shape index (κ1) is 12.6. The van der Waals surface area contributed by atoms with Crippen molar-refractivity contribution in [3.05, 3.63) is 84.9 Å². The Hall–Kier alpha value is -2.11. The molecule has 0 aromatic heterocycles. The van der Waals surface area contributed by atoms with Gasteiger partial charge >= 0.3 is 0 Å². The molecular formula is C19H16OP+. The summed E-state index contributed by atoms with van der Waals surface area (Å²) in [4.78, 5) is 0. The molecule has 0 fully saturated rings. The standard InChI is InChI=1S/C19H16OP/c1-3-9-16(10-4-1)21(17-11-5-2-6-12-17)15-20-18-13-7-8-14-19(18)21/h1-14H,15H2/q+1.